The van der Waals surface area contributed by atoms with E-state index in [1.807, 2.05) is 0 Å². The third-order valence-corrected chi connectivity index (χ3v) is 2.88. The first-order chi connectivity index (χ1) is 6.61. The third kappa shape index (κ3) is 1.24. The van der Waals surface area contributed by atoms with Crippen molar-refractivity contribution in [2.45, 2.75) is 19.3 Å². The summed E-state index contributed by atoms with van der Waals surface area (Å²) in [5.41, 5.74) is 13.9. The molecule has 0 aromatic heterocycles. The van der Waals surface area contributed by atoms with Crippen molar-refractivity contribution in [3.8, 4) is 0 Å². The number of nitrogen functional groups attached to an aromatic ring is 2. The van der Waals surface area contributed by atoms with E-state index >= 15 is 0 Å². The van der Waals surface area contributed by atoms with Gasteiger partial charge in [0, 0.05) is 17.7 Å². The Bertz CT molecular complexity index is 415. The number of anilines is 2. The minimum absolute atomic E-state index is 0.0760. The lowest BCUT2D eigenvalue weighted by molar-refractivity contribution is 0.0973. The zero-order valence-corrected chi connectivity index (χ0v) is 8.40. The van der Waals surface area contributed by atoms with Gasteiger partial charge in [-0.3, -0.25) is 4.79 Å². The average Bonchev–Trinajstić information content (AvgIpc) is 2.14. The Labute approximate surface area is 87.0 Å². The van der Waals surface area contributed by atoms with Gasteiger partial charge in [0.25, 0.3) is 0 Å². The van der Waals surface area contributed by atoms with E-state index in [-0.39, 0.29) is 5.78 Å². The number of ketones is 1. The van der Waals surface area contributed by atoms with Crippen LogP contribution in [0.15, 0.2) is 6.07 Å². The summed E-state index contributed by atoms with van der Waals surface area (Å²) in [6.45, 7) is 0. The standard InChI is InChI=1S/C10H11ClN2O/c11-6-4-7(12)9-5(10(6)13)2-1-3-8(9)14/h4H,1-3,12-13H2. The van der Waals surface area contributed by atoms with Crippen LogP contribution in [0.25, 0.3) is 0 Å². The van der Waals surface area contributed by atoms with Gasteiger partial charge in [-0.2, -0.15) is 0 Å². The molecule has 0 saturated carbocycles. The van der Waals surface area contributed by atoms with E-state index in [0.717, 1.165) is 18.4 Å². The van der Waals surface area contributed by atoms with Crippen molar-refractivity contribution < 1.29 is 4.79 Å². The van der Waals surface area contributed by atoms with Crippen molar-refractivity contribution in [3.05, 3.63) is 22.2 Å². The Morgan fingerprint density at radius 3 is 2.71 bits per heavy atom. The van der Waals surface area contributed by atoms with Gasteiger partial charge >= 0.3 is 0 Å². The van der Waals surface area contributed by atoms with Crippen LogP contribution in [0.2, 0.25) is 5.02 Å². The van der Waals surface area contributed by atoms with Crippen molar-refractivity contribution in [1.29, 1.82) is 0 Å². The monoisotopic (exact) mass is 210 g/mol. The van der Waals surface area contributed by atoms with Gasteiger partial charge in [0.1, 0.15) is 0 Å². The lowest BCUT2D eigenvalue weighted by Gasteiger charge is -2.19. The van der Waals surface area contributed by atoms with Crippen LogP contribution in [0.5, 0.6) is 0 Å². The maximum atomic E-state index is 11.6. The van der Waals surface area contributed by atoms with Crippen LogP contribution in [-0.4, -0.2) is 5.78 Å². The van der Waals surface area contributed by atoms with E-state index in [9.17, 15) is 4.79 Å². The quantitative estimate of drug-likeness (QED) is 0.644. The number of Topliss-reactive ketones (excluding diaryl/α,β-unsaturated/α-hetero) is 1. The number of hydrogen-bond donors (Lipinski definition) is 2. The van der Waals surface area contributed by atoms with Crippen molar-refractivity contribution in [3.63, 3.8) is 0 Å². The number of carbonyl (C=O) groups is 1. The molecule has 1 aliphatic rings. The Morgan fingerprint density at radius 2 is 2.00 bits per heavy atom. The number of halogens is 1. The number of fused-ring (bicyclic) bond motifs is 1. The molecule has 0 saturated heterocycles. The van der Waals surface area contributed by atoms with Crippen LogP contribution in [0.4, 0.5) is 11.4 Å². The summed E-state index contributed by atoms with van der Waals surface area (Å²) in [6, 6.07) is 1.55. The van der Waals surface area contributed by atoms with E-state index < -0.39 is 0 Å². The molecule has 1 aliphatic carbocycles. The van der Waals surface area contributed by atoms with Crippen molar-refractivity contribution in [1.82, 2.24) is 0 Å². The molecule has 0 fully saturated rings. The van der Waals surface area contributed by atoms with Crippen LogP contribution < -0.4 is 11.5 Å². The van der Waals surface area contributed by atoms with E-state index in [4.69, 9.17) is 23.1 Å². The zero-order chi connectivity index (χ0) is 10.3. The van der Waals surface area contributed by atoms with Gasteiger partial charge in [0.15, 0.2) is 5.78 Å². The lowest BCUT2D eigenvalue weighted by Crippen LogP contribution is -2.15. The largest absolute Gasteiger partial charge is 0.398 e. The van der Waals surface area contributed by atoms with Crippen LogP contribution in [0.3, 0.4) is 0 Å². The van der Waals surface area contributed by atoms with Crippen LogP contribution in [0.1, 0.15) is 28.8 Å². The molecule has 2 rings (SSSR count). The number of carbonyl (C=O) groups excluding carboxylic acids is 1. The molecule has 0 radical (unpaired) electrons. The molecule has 0 heterocycles. The fourth-order valence-corrected chi connectivity index (χ4v) is 2.11. The molecule has 74 valence electrons. The summed E-state index contributed by atoms with van der Waals surface area (Å²) in [5.74, 6) is 0.0760. The molecule has 0 amide bonds. The Kier molecular flexibility index (Phi) is 2.11. The fourth-order valence-electron chi connectivity index (χ4n) is 1.88. The van der Waals surface area contributed by atoms with Crippen LogP contribution in [0, 0.1) is 0 Å². The van der Waals surface area contributed by atoms with E-state index in [0.29, 0.717) is 28.4 Å². The molecule has 0 unspecified atom stereocenters. The van der Waals surface area contributed by atoms with Crippen molar-refractivity contribution >= 4 is 28.8 Å². The minimum Gasteiger partial charge on any atom is -0.398 e. The van der Waals surface area contributed by atoms with Crippen molar-refractivity contribution in [2.24, 2.45) is 0 Å². The van der Waals surface area contributed by atoms with Gasteiger partial charge in [-0.05, 0) is 24.5 Å². The molecule has 0 atom stereocenters. The highest BCUT2D eigenvalue weighted by Gasteiger charge is 2.23. The Hall–Kier alpha value is -1.22. The molecular weight excluding hydrogens is 200 g/mol. The second-order valence-electron chi connectivity index (χ2n) is 3.49. The molecule has 4 N–H and O–H groups in total. The molecule has 0 aliphatic heterocycles. The molecule has 0 bridgehead atoms. The third-order valence-electron chi connectivity index (χ3n) is 2.56. The van der Waals surface area contributed by atoms with Gasteiger partial charge < -0.3 is 11.5 Å². The number of hydrogen-bond acceptors (Lipinski definition) is 3. The minimum atomic E-state index is 0.0760. The first-order valence-electron chi connectivity index (χ1n) is 4.50. The predicted molar refractivity (Wildman–Crippen MR) is 57.5 cm³/mol. The highest BCUT2D eigenvalue weighted by atomic mass is 35.5. The van der Waals surface area contributed by atoms with Gasteiger partial charge in [0.05, 0.1) is 10.7 Å². The van der Waals surface area contributed by atoms with E-state index in [1.54, 1.807) is 6.07 Å². The van der Waals surface area contributed by atoms with E-state index in [2.05, 4.69) is 0 Å². The second-order valence-corrected chi connectivity index (χ2v) is 3.90. The molecule has 0 spiro atoms. The van der Waals surface area contributed by atoms with Gasteiger partial charge in [-0.1, -0.05) is 11.6 Å². The summed E-state index contributed by atoms with van der Waals surface area (Å²) in [5, 5.41) is 0.441. The van der Waals surface area contributed by atoms with Gasteiger partial charge in [-0.15, -0.1) is 0 Å². The molecule has 3 nitrogen and oxygen atoms in total. The summed E-state index contributed by atoms with van der Waals surface area (Å²) in [4.78, 5) is 11.6. The smallest absolute Gasteiger partial charge is 0.165 e. The SMILES string of the molecule is Nc1cc(Cl)c(N)c2c1C(=O)CCC2. The molecule has 1 aromatic rings. The maximum Gasteiger partial charge on any atom is 0.165 e. The molecule has 1 aromatic carbocycles. The van der Waals surface area contributed by atoms with Gasteiger partial charge in [-0.25, -0.2) is 0 Å². The fraction of sp³-hybridized carbons (Fsp3) is 0.300. The molecule has 4 heteroatoms. The first-order valence-corrected chi connectivity index (χ1v) is 4.88. The molecule has 14 heavy (non-hydrogen) atoms. The number of rotatable bonds is 0. The highest BCUT2D eigenvalue weighted by Crippen LogP contribution is 2.35. The summed E-state index contributed by atoms with van der Waals surface area (Å²) in [6.07, 6.45) is 2.17. The lowest BCUT2D eigenvalue weighted by atomic mass is 9.88. The summed E-state index contributed by atoms with van der Waals surface area (Å²) < 4.78 is 0. The Balaban J connectivity index is 2.72. The molecular formula is C10H11ClN2O. The van der Waals surface area contributed by atoms with Crippen molar-refractivity contribution in [2.75, 3.05) is 11.5 Å². The highest BCUT2D eigenvalue weighted by molar-refractivity contribution is 6.34. The summed E-state index contributed by atoms with van der Waals surface area (Å²) in [7, 11) is 0. The summed E-state index contributed by atoms with van der Waals surface area (Å²) >= 11 is 5.88. The normalized spacial score (nSPS) is 15.4. The number of benzene rings is 1. The van der Waals surface area contributed by atoms with Crippen LogP contribution >= 0.6 is 11.6 Å². The second kappa shape index (κ2) is 3.17. The van der Waals surface area contributed by atoms with Gasteiger partial charge in [0.2, 0.25) is 0 Å². The van der Waals surface area contributed by atoms with Crippen LogP contribution in [-0.2, 0) is 6.42 Å². The van der Waals surface area contributed by atoms with E-state index in [1.165, 1.54) is 0 Å². The Morgan fingerprint density at radius 1 is 1.29 bits per heavy atom. The number of nitrogens with two attached hydrogens (primary N) is 2. The predicted octanol–water partition coefficient (Wildman–Crippen LogP) is 2.02. The maximum absolute atomic E-state index is 11.6. The zero-order valence-electron chi connectivity index (χ0n) is 7.64. The average molecular weight is 211 g/mol. The first kappa shape index (κ1) is 9.34. The topological polar surface area (TPSA) is 69.1 Å².